The Hall–Kier alpha value is -1.10. The monoisotopic (exact) mass is 271 g/mol. The van der Waals surface area contributed by atoms with Crippen LogP contribution in [-0.2, 0) is 4.79 Å². The highest BCUT2D eigenvalue weighted by Gasteiger charge is 1.99. The largest absolute Gasteiger partial charge is 0.361 e. The van der Waals surface area contributed by atoms with Crippen molar-refractivity contribution in [1.82, 2.24) is 10.3 Å². The van der Waals surface area contributed by atoms with Crippen molar-refractivity contribution in [3.63, 3.8) is 0 Å². The lowest BCUT2D eigenvalue weighted by Gasteiger charge is -2.05. The van der Waals surface area contributed by atoms with Crippen LogP contribution < -0.4 is 10.6 Å². The normalized spacial score (nSPS) is 9.73. The zero-order valence-corrected chi connectivity index (χ0v) is 10.2. The van der Waals surface area contributed by atoms with E-state index in [4.69, 9.17) is 0 Å². The molecule has 1 amide bonds. The van der Waals surface area contributed by atoms with Gasteiger partial charge in [0.2, 0.25) is 5.91 Å². The number of amides is 1. The second kappa shape index (κ2) is 6.40. The number of halogens is 1. The van der Waals surface area contributed by atoms with Crippen molar-refractivity contribution in [2.45, 2.75) is 13.3 Å². The quantitative estimate of drug-likeness (QED) is 0.859. The van der Waals surface area contributed by atoms with Gasteiger partial charge in [-0.3, -0.25) is 4.79 Å². The van der Waals surface area contributed by atoms with Gasteiger partial charge >= 0.3 is 0 Å². The number of anilines is 1. The van der Waals surface area contributed by atoms with Crippen molar-refractivity contribution in [2.75, 3.05) is 18.4 Å². The van der Waals surface area contributed by atoms with Gasteiger partial charge in [-0.1, -0.05) is 6.92 Å². The number of nitrogens with one attached hydrogen (secondary N) is 2. The molecule has 0 spiro atoms. The lowest BCUT2D eigenvalue weighted by Crippen LogP contribution is -2.30. The van der Waals surface area contributed by atoms with E-state index in [1.807, 2.05) is 19.1 Å². The van der Waals surface area contributed by atoms with E-state index in [-0.39, 0.29) is 12.5 Å². The van der Waals surface area contributed by atoms with Crippen molar-refractivity contribution in [3.8, 4) is 0 Å². The summed E-state index contributed by atoms with van der Waals surface area (Å²) in [6, 6.07) is 3.69. The summed E-state index contributed by atoms with van der Waals surface area (Å²) in [4.78, 5) is 15.3. The van der Waals surface area contributed by atoms with Crippen LogP contribution in [0.3, 0.4) is 0 Å². The number of nitrogens with zero attached hydrogens (tertiary/aromatic N) is 1. The van der Waals surface area contributed by atoms with Crippen LogP contribution in [0.5, 0.6) is 0 Å². The van der Waals surface area contributed by atoms with Gasteiger partial charge in [-0.2, -0.15) is 0 Å². The van der Waals surface area contributed by atoms with E-state index in [1.54, 1.807) is 6.20 Å². The number of carbonyl (C=O) groups is 1. The third kappa shape index (κ3) is 4.78. The Balaban J connectivity index is 2.30. The molecule has 82 valence electrons. The third-order valence-electron chi connectivity index (χ3n) is 1.73. The van der Waals surface area contributed by atoms with Gasteiger partial charge in [0.1, 0.15) is 5.82 Å². The van der Waals surface area contributed by atoms with Crippen molar-refractivity contribution in [3.05, 3.63) is 22.8 Å². The number of rotatable bonds is 5. The summed E-state index contributed by atoms with van der Waals surface area (Å²) >= 11 is 3.29. The van der Waals surface area contributed by atoms with Crippen LogP contribution in [0, 0.1) is 0 Å². The van der Waals surface area contributed by atoms with Gasteiger partial charge in [0, 0.05) is 17.2 Å². The molecular weight excluding hydrogens is 258 g/mol. The van der Waals surface area contributed by atoms with Crippen molar-refractivity contribution in [2.24, 2.45) is 0 Å². The molecule has 0 aromatic carbocycles. The van der Waals surface area contributed by atoms with Crippen LogP contribution in [0.4, 0.5) is 5.82 Å². The first-order valence-corrected chi connectivity index (χ1v) is 5.64. The molecule has 0 saturated heterocycles. The van der Waals surface area contributed by atoms with Crippen LogP contribution in [0.25, 0.3) is 0 Å². The molecule has 0 atom stereocenters. The highest BCUT2D eigenvalue weighted by Crippen LogP contribution is 2.09. The average Bonchev–Trinajstić information content (AvgIpc) is 2.25. The number of carbonyl (C=O) groups excluding carboxylic acids is 1. The van der Waals surface area contributed by atoms with Crippen LogP contribution in [-0.4, -0.2) is 24.0 Å². The maximum atomic E-state index is 11.2. The molecule has 1 aromatic heterocycles. The summed E-state index contributed by atoms with van der Waals surface area (Å²) in [5.41, 5.74) is 0. The van der Waals surface area contributed by atoms with Crippen molar-refractivity contribution < 1.29 is 4.79 Å². The first-order chi connectivity index (χ1) is 7.22. The molecule has 0 aliphatic carbocycles. The van der Waals surface area contributed by atoms with Gasteiger partial charge in [0.25, 0.3) is 0 Å². The molecule has 1 aromatic rings. The Morgan fingerprint density at radius 3 is 2.93 bits per heavy atom. The van der Waals surface area contributed by atoms with Gasteiger partial charge in [0.05, 0.1) is 6.54 Å². The Labute approximate surface area is 97.6 Å². The molecule has 2 N–H and O–H groups in total. The van der Waals surface area contributed by atoms with E-state index in [9.17, 15) is 4.79 Å². The summed E-state index contributed by atoms with van der Waals surface area (Å²) in [5, 5.41) is 5.71. The molecule has 0 unspecified atom stereocenters. The molecule has 4 nitrogen and oxygen atoms in total. The summed E-state index contributed by atoms with van der Waals surface area (Å²) in [6.45, 7) is 2.99. The Morgan fingerprint density at radius 2 is 2.33 bits per heavy atom. The second-order valence-electron chi connectivity index (χ2n) is 3.07. The van der Waals surface area contributed by atoms with E-state index in [0.29, 0.717) is 12.4 Å². The molecule has 0 saturated carbocycles. The van der Waals surface area contributed by atoms with Crippen LogP contribution in [0.1, 0.15) is 13.3 Å². The highest BCUT2D eigenvalue weighted by molar-refractivity contribution is 9.10. The highest BCUT2D eigenvalue weighted by atomic mass is 79.9. The van der Waals surface area contributed by atoms with Crippen molar-refractivity contribution >= 4 is 27.7 Å². The topological polar surface area (TPSA) is 54.0 Å². The first kappa shape index (κ1) is 12.0. The Bertz CT molecular complexity index is 313. The third-order valence-corrected chi connectivity index (χ3v) is 2.20. The van der Waals surface area contributed by atoms with Crippen molar-refractivity contribution in [1.29, 1.82) is 0 Å². The van der Waals surface area contributed by atoms with Crippen LogP contribution >= 0.6 is 15.9 Å². The fourth-order valence-corrected chi connectivity index (χ4v) is 1.21. The van der Waals surface area contributed by atoms with Crippen LogP contribution in [0.2, 0.25) is 0 Å². The van der Waals surface area contributed by atoms with Crippen LogP contribution in [0.15, 0.2) is 22.8 Å². The SMILES string of the molecule is CCCNC(=O)CNc1ccc(Br)cn1. The van der Waals surface area contributed by atoms with E-state index >= 15 is 0 Å². The average molecular weight is 272 g/mol. The zero-order valence-electron chi connectivity index (χ0n) is 8.59. The lowest BCUT2D eigenvalue weighted by atomic mass is 10.4. The maximum Gasteiger partial charge on any atom is 0.239 e. The predicted molar refractivity (Wildman–Crippen MR) is 63.7 cm³/mol. The number of pyridine rings is 1. The molecule has 0 fully saturated rings. The van der Waals surface area contributed by atoms with E-state index in [2.05, 4.69) is 31.5 Å². The van der Waals surface area contributed by atoms with E-state index in [1.165, 1.54) is 0 Å². The fourth-order valence-electron chi connectivity index (χ4n) is 0.978. The summed E-state index contributed by atoms with van der Waals surface area (Å²) in [6.07, 6.45) is 2.63. The lowest BCUT2D eigenvalue weighted by molar-refractivity contribution is -0.119. The summed E-state index contributed by atoms with van der Waals surface area (Å²) < 4.78 is 0.920. The molecule has 1 rings (SSSR count). The molecular formula is C10H14BrN3O. The summed E-state index contributed by atoms with van der Waals surface area (Å²) in [7, 11) is 0. The smallest absolute Gasteiger partial charge is 0.239 e. The molecule has 5 heteroatoms. The maximum absolute atomic E-state index is 11.2. The molecule has 0 aliphatic rings. The minimum atomic E-state index is -0.0124. The van der Waals surface area contributed by atoms with E-state index in [0.717, 1.165) is 10.9 Å². The second-order valence-corrected chi connectivity index (χ2v) is 3.98. The van der Waals surface area contributed by atoms with Gasteiger partial charge < -0.3 is 10.6 Å². The first-order valence-electron chi connectivity index (χ1n) is 4.84. The molecule has 15 heavy (non-hydrogen) atoms. The molecule has 0 bridgehead atoms. The Morgan fingerprint density at radius 1 is 1.53 bits per heavy atom. The van der Waals surface area contributed by atoms with Gasteiger partial charge in [0.15, 0.2) is 0 Å². The number of hydrogen-bond donors (Lipinski definition) is 2. The Kier molecular flexibility index (Phi) is 5.10. The van der Waals surface area contributed by atoms with E-state index < -0.39 is 0 Å². The molecule has 0 radical (unpaired) electrons. The summed E-state index contributed by atoms with van der Waals surface area (Å²) in [5.74, 6) is 0.686. The minimum absolute atomic E-state index is 0.0124. The number of hydrogen-bond acceptors (Lipinski definition) is 3. The molecule has 0 aliphatic heterocycles. The van der Waals surface area contributed by atoms with Gasteiger partial charge in [-0.15, -0.1) is 0 Å². The number of aromatic nitrogens is 1. The van der Waals surface area contributed by atoms with Gasteiger partial charge in [-0.25, -0.2) is 4.98 Å². The fraction of sp³-hybridized carbons (Fsp3) is 0.400. The minimum Gasteiger partial charge on any atom is -0.361 e. The standard InChI is InChI=1S/C10H14BrN3O/c1-2-5-12-10(15)7-14-9-4-3-8(11)6-13-9/h3-4,6H,2,5,7H2,1H3,(H,12,15)(H,13,14). The van der Waals surface area contributed by atoms with Gasteiger partial charge in [-0.05, 0) is 34.5 Å². The molecule has 1 heterocycles. The zero-order chi connectivity index (χ0) is 11.1. The predicted octanol–water partition coefficient (Wildman–Crippen LogP) is 1.78.